The van der Waals surface area contributed by atoms with Crippen molar-refractivity contribution in [1.29, 1.82) is 0 Å². The predicted octanol–water partition coefficient (Wildman–Crippen LogP) is 5.09. The van der Waals surface area contributed by atoms with Crippen molar-refractivity contribution in [2.45, 2.75) is 65.3 Å². The highest BCUT2D eigenvalue weighted by atomic mass is 35.5. The Labute approximate surface area is 222 Å². The van der Waals surface area contributed by atoms with E-state index in [2.05, 4.69) is 23.3 Å². The van der Waals surface area contributed by atoms with Crippen LogP contribution < -0.4 is 10.6 Å². The molecular weight excluding hydrogens is 502 g/mol. The zero-order chi connectivity index (χ0) is 27.2. The van der Waals surface area contributed by atoms with Crippen molar-refractivity contribution < 1.29 is 24.2 Å². The fraction of sp³-hybridized carbons (Fsp3) is 0.423. The molecular formula is C26H34ClN3O5S. The van der Waals surface area contributed by atoms with Crippen LogP contribution in [0.25, 0.3) is 0 Å². The molecule has 196 valence electrons. The largest absolute Gasteiger partial charge is 0.508 e. The van der Waals surface area contributed by atoms with Crippen molar-refractivity contribution in [2.24, 2.45) is 0 Å². The van der Waals surface area contributed by atoms with Gasteiger partial charge >= 0.3 is 6.09 Å². The molecule has 2 aromatic carbocycles. The van der Waals surface area contributed by atoms with Crippen molar-refractivity contribution in [3.8, 4) is 5.75 Å². The minimum Gasteiger partial charge on any atom is -0.508 e. The molecule has 0 aromatic heterocycles. The summed E-state index contributed by atoms with van der Waals surface area (Å²) in [7, 11) is 0. The number of amides is 3. The Hall–Kier alpha value is -2.91. The van der Waals surface area contributed by atoms with E-state index in [0.29, 0.717) is 10.7 Å². The van der Waals surface area contributed by atoms with Gasteiger partial charge in [0.25, 0.3) is 5.91 Å². The molecule has 0 bridgehead atoms. The van der Waals surface area contributed by atoms with Gasteiger partial charge in [0.05, 0.1) is 10.7 Å². The number of carbonyl (C=O) groups excluding carboxylic acids is 3. The van der Waals surface area contributed by atoms with Crippen LogP contribution in [-0.2, 0) is 14.3 Å². The van der Waals surface area contributed by atoms with Crippen LogP contribution in [0.2, 0.25) is 5.02 Å². The highest BCUT2D eigenvalue weighted by Crippen LogP contribution is 2.33. The summed E-state index contributed by atoms with van der Waals surface area (Å²) in [5.41, 5.74) is 0.585. The fourth-order valence-corrected chi connectivity index (χ4v) is 4.13. The molecule has 2 rings (SSSR count). The normalized spacial score (nSPS) is 13.0. The lowest BCUT2D eigenvalue weighted by atomic mass is 10.00. The maximum absolute atomic E-state index is 13.8. The molecule has 0 spiro atoms. The summed E-state index contributed by atoms with van der Waals surface area (Å²) in [6, 6.07) is 8.66. The van der Waals surface area contributed by atoms with E-state index >= 15 is 0 Å². The SMILES string of the molecule is Cc1cccc(Cl)c1NC(=O)C(c1ccccc1O)N(C(=O)C(CS)NC(=O)OC(C)(C)C)C(C)C. The van der Waals surface area contributed by atoms with Gasteiger partial charge in [0.1, 0.15) is 23.4 Å². The first-order valence-corrected chi connectivity index (χ1v) is 12.5. The van der Waals surface area contributed by atoms with Crippen molar-refractivity contribution in [3.63, 3.8) is 0 Å². The third kappa shape index (κ3) is 7.54. The van der Waals surface area contributed by atoms with Crippen LogP contribution >= 0.6 is 24.2 Å². The zero-order valence-corrected chi connectivity index (χ0v) is 23.0. The molecule has 2 unspecified atom stereocenters. The Balaban J connectivity index is 2.52. The van der Waals surface area contributed by atoms with Crippen molar-refractivity contribution >= 4 is 47.8 Å². The average molecular weight is 536 g/mol. The quantitative estimate of drug-likeness (QED) is 0.352. The molecule has 36 heavy (non-hydrogen) atoms. The van der Waals surface area contributed by atoms with Gasteiger partial charge in [-0.15, -0.1) is 0 Å². The van der Waals surface area contributed by atoms with Crippen LogP contribution in [0.4, 0.5) is 10.5 Å². The third-order valence-corrected chi connectivity index (χ3v) is 5.89. The van der Waals surface area contributed by atoms with E-state index in [0.717, 1.165) is 5.56 Å². The van der Waals surface area contributed by atoms with E-state index in [9.17, 15) is 19.5 Å². The van der Waals surface area contributed by atoms with E-state index < -0.39 is 41.6 Å². The lowest BCUT2D eigenvalue weighted by Crippen LogP contribution is -2.55. The second kappa shape index (κ2) is 12.4. The molecule has 3 N–H and O–H groups in total. The number of ether oxygens (including phenoxy) is 1. The van der Waals surface area contributed by atoms with Gasteiger partial charge in [0.15, 0.2) is 0 Å². The first-order chi connectivity index (χ1) is 16.8. The van der Waals surface area contributed by atoms with Gasteiger partial charge in [0.2, 0.25) is 5.91 Å². The molecule has 8 nitrogen and oxygen atoms in total. The molecule has 0 heterocycles. The minimum atomic E-state index is -1.24. The van der Waals surface area contributed by atoms with Gasteiger partial charge in [0, 0.05) is 17.4 Å². The number of rotatable bonds is 8. The van der Waals surface area contributed by atoms with Gasteiger partial charge in [-0.1, -0.05) is 41.9 Å². The number of para-hydroxylation sites is 2. The van der Waals surface area contributed by atoms with Gasteiger partial charge in [-0.25, -0.2) is 4.79 Å². The highest BCUT2D eigenvalue weighted by Gasteiger charge is 2.38. The molecule has 10 heteroatoms. The first-order valence-electron chi connectivity index (χ1n) is 11.5. The van der Waals surface area contributed by atoms with Crippen molar-refractivity contribution in [3.05, 3.63) is 58.6 Å². The van der Waals surface area contributed by atoms with Crippen LogP contribution in [0.15, 0.2) is 42.5 Å². The third-order valence-electron chi connectivity index (χ3n) is 5.21. The standard InChI is InChI=1S/C26H34ClN3O5S/c1-15(2)30(24(33)19(14-36)28-25(34)35-26(4,5)6)22(17-11-7-8-13-20(17)31)23(32)29-21-16(3)10-9-12-18(21)27/h7-13,15,19,22,31,36H,14H2,1-6H3,(H,28,34)(H,29,32). The molecule has 2 aromatic rings. The van der Waals surface area contributed by atoms with Crippen LogP contribution in [0.5, 0.6) is 5.75 Å². The van der Waals surface area contributed by atoms with E-state index in [-0.39, 0.29) is 17.1 Å². The number of carbonyl (C=O) groups is 3. The fourth-order valence-electron chi connectivity index (χ4n) is 3.61. The minimum absolute atomic E-state index is 0.0416. The second-order valence-corrected chi connectivity index (χ2v) is 10.4. The maximum Gasteiger partial charge on any atom is 0.408 e. The lowest BCUT2D eigenvalue weighted by molar-refractivity contribution is -0.142. The maximum atomic E-state index is 13.8. The Morgan fingerprint density at radius 3 is 2.28 bits per heavy atom. The number of halogens is 1. The summed E-state index contributed by atoms with van der Waals surface area (Å²) in [6.45, 7) is 10.4. The van der Waals surface area contributed by atoms with E-state index in [1.54, 1.807) is 77.9 Å². The molecule has 2 atom stereocenters. The smallest absolute Gasteiger partial charge is 0.408 e. The number of aromatic hydroxyl groups is 1. The van der Waals surface area contributed by atoms with Crippen LogP contribution in [0, 0.1) is 6.92 Å². The summed E-state index contributed by atoms with van der Waals surface area (Å²) < 4.78 is 5.29. The summed E-state index contributed by atoms with van der Waals surface area (Å²) in [5.74, 6) is -1.34. The van der Waals surface area contributed by atoms with Crippen molar-refractivity contribution in [1.82, 2.24) is 10.2 Å². The number of hydrogen-bond acceptors (Lipinski definition) is 6. The number of nitrogens with one attached hydrogen (secondary N) is 2. The topological polar surface area (TPSA) is 108 Å². The number of anilines is 1. The van der Waals surface area contributed by atoms with E-state index in [4.69, 9.17) is 16.3 Å². The molecule has 0 aliphatic rings. The van der Waals surface area contributed by atoms with Crippen LogP contribution in [-0.4, -0.2) is 51.4 Å². The number of phenols is 1. The molecule has 0 radical (unpaired) electrons. The summed E-state index contributed by atoms with van der Waals surface area (Å²) in [6.07, 6.45) is -0.783. The first kappa shape index (κ1) is 29.3. The molecule has 0 aliphatic heterocycles. The number of benzene rings is 2. The zero-order valence-electron chi connectivity index (χ0n) is 21.3. The number of phenolic OH excluding ortho intramolecular Hbond substituents is 1. The van der Waals surface area contributed by atoms with Gasteiger partial charge < -0.3 is 25.4 Å². The number of aryl methyl sites for hydroxylation is 1. The van der Waals surface area contributed by atoms with Crippen LogP contribution in [0.1, 0.15) is 51.8 Å². The summed E-state index contributed by atoms with van der Waals surface area (Å²) in [4.78, 5) is 41.2. The summed E-state index contributed by atoms with van der Waals surface area (Å²) >= 11 is 10.6. The van der Waals surface area contributed by atoms with Gasteiger partial charge in [-0.05, 0) is 59.2 Å². The molecule has 0 saturated carbocycles. The average Bonchev–Trinajstić information content (AvgIpc) is 2.77. The van der Waals surface area contributed by atoms with Gasteiger partial charge in [-0.3, -0.25) is 9.59 Å². The highest BCUT2D eigenvalue weighted by molar-refractivity contribution is 7.80. The lowest BCUT2D eigenvalue weighted by Gasteiger charge is -2.37. The molecule has 3 amide bonds. The number of alkyl carbamates (subject to hydrolysis) is 1. The van der Waals surface area contributed by atoms with E-state index in [1.165, 1.54) is 11.0 Å². The van der Waals surface area contributed by atoms with Crippen LogP contribution in [0.3, 0.4) is 0 Å². The molecule has 0 saturated heterocycles. The number of thiol groups is 1. The Morgan fingerprint density at radius 1 is 1.11 bits per heavy atom. The van der Waals surface area contributed by atoms with Crippen molar-refractivity contribution in [2.75, 3.05) is 11.1 Å². The monoisotopic (exact) mass is 535 g/mol. The summed E-state index contributed by atoms with van der Waals surface area (Å²) in [5, 5.41) is 16.3. The molecule has 0 fully saturated rings. The molecule has 0 aliphatic carbocycles. The second-order valence-electron chi connectivity index (χ2n) is 9.60. The Morgan fingerprint density at radius 2 is 1.75 bits per heavy atom. The number of nitrogens with zero attached hydrogens (tertiary/aromatic N) is 1. The number of hydrogen-bond donors (Lipinski definition) is 4. The van der Waals surface area contributed by atoms with Gasteiger partial charge in [-0.2, -0.15) is 12.6 Å². The predicted molar refractivity (Wildman–Crippen MR) is 145 cm³/mol. The Kier molecular flexibility index (Phi) is 10.1. The Bertz CT molecular complexity index is 1080. The van der Waals surface area contributed by atoms with E-state index in [1.807, 2.05) is 0 Å².